The number of pyridine rings is 1. The SMILES string of the molecule is O=C(O)NCc1cc2cc(-c3ccc(C(=O)c4ccc(F)cc4)cn3)cc(Cl)c2o1. The lowest BCUT2D eigenvalue weighted by atomic mass is 10.0. The molecule has 0 atom stereocenters. The number of nitrogens with one attached hydrogen (secondary N) is 1. The lowest BCUT2D eigenvalue weighted by Crippen LogP contribution is -2.19. The van der Waals surface area contributed by atoms with Crippen molar-refractivity contribution in [2.45, 2.75) is 6.54 Å². The Morgan fingerprint density at radius 1 is 1.07 bits per heavy atom. The molecule has 0 bridgehead atoms. The van der Waals surface area contributed by atoms with Gasteiger partial charge < -0.3 is 14.8 Å². The minimum atomic E-state index is -1.15. The molecule has 30 heavy (non-hydrogen) atoms. The van der Waals surface area contributed by atoms with Crippen LogP contribution in [0.5, 0.6) is 0 Å². The van der Waals surface area contributed by atoms with Gasteiger partial charge in [-0.15, -0.1) is 0 Å². The average Bonchev–Trinajstić information content (AvgIpc) is 3.16. The van der Waals surface area contributed by atoms with E-state index >= 15 is 0 Å². The summed E-state index contributed by atoms with van der Waals surface area (Å²) in [5.41, 5.74) is 2.51. The molecule has 0 aliphatic carbocycles. The molecule has 4 rings (SSSR count). The third kappa shape index (κ3) is 4.01. The topological polar surface area (TPSA) is 92.4 Å². The highest BCUT2D eigenvalue weighted by atomic mass is 35.5. The normalized spacial score (nSPS) is 10.9. The fraction of sp³-hybridized carbons (Fsp3) is 0.0455. The zero-order chi connectivity index (χ0) is 21.3. The Hall–Kier alpha value is -3.71. The van der Waals surface area contributed by atoms with E-state index in [2.05, 4.69) is 10.3 Å². The van der Waals surface area contributed by atoms with Crippen LogP contribution in [0.2, 0.25) is 5.02 Å². The van der Waals surface area contributed by atoms with Crippen LogP contribution in [0.25, 0.3) is 22.2 Å². The lowest BCUT2D eigenvalue weighted by Gasteiger charge is -2.05. The summed E-state index contributed by atoms with van der Waals surface area (Å²) in [6, 6.07) is 13.9. The summed E-state index contributed by atoms with van der Waals surface area (Å²) in [5.74, 6) is -0.235. The van der Waals surface area contributed by atoms with E-state index in [0.717, 1.165) is 0 Å². The van der Waals surface area contributed by atoms with Crippen LogP contribution < -0.4 is 5.32 Å². The molecule has 2 aromatic carbocycles. The first-order chi connectivity index (χ1) is 14.4. The van der Waals surface area contributed by atoms with Gasteiger partial charge in [-0.2, -0.15) is 0 Å². The van der Waals surface area contributed by atoms with E-state index in [1.807, 2.05) is 6.07 Å². The van der Waals surface area contributed by atoms with Gasteiger partial charge in [-0.05, 0) is 54.6 Å². The fourth-order valence-corrected chi connectivity index (χ4v) is 3.29. The summed E-state index contributed by atoms with van der Waals surface area (Å²) in [6.07, 6.45) is 0.304. The molecule has 8 heteroatoms. The van der Waals surface area contributed by atoms with Crippen molar-refractivity contribution in [1.29, 1.82) is 0 Å². The minimum Gasteiger partial charge on any atom is -0.465 e. The fourth-order valence-electron chi connectivity index (χ4n) is 3.03. The first-order valence-electron chi connectivity index (χ1n) is 8.86. The van der Waals surface area contributed by atoms with Gasteiger partial charge in [0, 0.05) is 28.3 Å². The molecule has 6 nitrogen and oxygen atoms in total. The molecule has 2 heterocycles. The van der Waals surface area contributed by atoms with E-state index in [-0.39, 0.29) is 12.3 Å². The summed E-state index contributed by atoms with van der Waals surface area (Å²) < 4.78 is 18.6. The summed E-state index contributed by atoms with van der Waals surface area (Å²) in [6.45, 7) is 0.0219. The highest BCUT2D eigenvalue weighted by Gasteiger charge is 2.13. The number of benzene rings is 2. The standard InChI is InChI=1S/C22H14ClFN2O4/c23-18-9-14(7-15-8-17(30-21(15)18)11-26-22(28)29)19-6-3-13(10-25-19)20(27)12-1-4-16(24)5-2-12/h1-10,26H,11H2,(H,28,29). The van der Waals surface area contributed by atoms with Crippen molar-refractivity contribution >= 4 is 34.4 Å². The zero-order valence-electron chi connectivity index (χ0n) is 15.4. The molecule has 2 N–H and O–H groups in total. The monoisotopic (exact) mass is 424 g/mol. The second kappa shape index (κ2) is 7.96. The number of carbonyl (C=O) groups excluding carboxylic acids is 1. The van der Waals surface area contributed by atoms with Crippen LogP contribution in [0.3, 0.4) is 0 Å². The predicted molar refractivity (Wildman–Crippen MR) is 109 cm³/mol. The molecule has 2 aromatic heterocycles. The number of amides is 1. The van der Waals surface area contributed by atoms with Crippen LogP contribution in [0.15, 0.2) is 65.2 Å². The Labute approximate surface area is 174 Å². The van der Waals surface area contributed by atoms with Gasteiger partial charge in [0.25, 0.3) is 0 Å². The second-order valence-corrected chi connectivity index (χ2v) is 6.92. The molecule has 0 saturated carbocycles. The van der Waals surface area contributed by atoms with Gasteiger partial charge >= 0.3 is 6.09 Å². The molecule has 0 radical (unpaired) electrons. The Balaban J connectivity index is 1.61. The number of hydrogen-bond donors (Lipinski definition) is 2. The molecule has 0 saturated heterocycles. The smallest absolute Gasteiger partial charge is 0.405 e. The van der Waals surface area contributed by atoms with Gasteiger partial charge in [0.2, 0.25) is 0 Å². The van der Waals surface area contributed by atoms with Gasteiger partial charge in [0.15, 0.2) is 11.4 Å². The van der Waals surface area contributed by atoms with E-state index in [0.29, 0.717) is 44.1 Å². The number of hydrogen-bond acceptors (Lipinski definition) is 4. The van der Waals surface area contributed by atoms with Crippen LogP contribution in [0.1, 0.15) is 21.7 Å². The van der Waals surface area contributed by atoms with Gasteiger partial charge in [-0.3, -0.25) is 9.78 Å². The first kappa shape index (κ1) is 19.6. The van der Waals surface area contributed by atoms with E-state index in [4.69, 9.17) is 21.1 Å². The number of furan rings is 1. The summed E-state index contributed by atoms with van der Waals surface area (Å²) in [5, 5.41) is 12.0. The van der Waals surface area contributed by atoms with Crippen LogP contribution in [-0.4, -0.2) is 22.0 Å². The average molecular weight is 425 g/mol. The Bertz CT molecular complexity index is 1250. The highest BCUT2D eigenvalue weighted by Crippen LogP contribution is 2.32. The molecule has 0 aliphatic heterocycles. The third-order valence-electron chi connectivity index (χ3n) is 4.46. The number of carboxylic acid groups (broad SMARTS) is 1. The van der Waals surface area contributed by atoms with Gasteiger partial charge in [-0.1, -0.05) is 11.6 Å². The largest absolute Gasteiger partial charge is 0.465 e. The summed E-state index contributed by atoms with van der Waals surface area (Å²) >= 11 is 6.32. The number of carbonyl (C=O) groups is 2. The molecule has 150 valence electrons. The van der Waals surface area contributed by atoms with E-state index < -0.39 is 11.9 Å². The van der Waals surface area contributed by atoms with Gasteiger partial charge in [0.1, 0.15) is 11.6 Å². The van der Waals surface area contributed by atoms with Gasteiger partial charge in [-0.25, -0.2) is 9.18 Å². The van der Waals surface area contributed by atoms with E-state index in [9.17, 15) is 14.0 Å². The molecule has 0 fully saturated rings. The maximum Gasteiger partial charge on any atom is 0.405 e. The maximum absolute atomic E-state index is 13.0. The molecule has 0 spiro atoms. The van der Waals surface area contributed by atoms with Crippen molar-refractivity contribution in [3.63, 3.8) is 0 Å². The summed E-state index contributed by atoms with van der Waals surface area (Å²) in [7, 11) is 0. The quantitative estimate of drug-likeness (QED) is 0.425. The molecular formula is C22H14ClFN2O4. The van der Waals surface area contributed by atoms with Crippen LogP contribution in [0, 0.1) is 5.82 Å². The number of halogens is 2. The van der Waals surface area contributed by atoms with Crippen molar-refractivity contribution in [3.8, 4) is 11.3 Å². The number of ketones is 1. The molecule has 1 amide bonds. The van der Waals surface area contributed by atoms with Crippen molar-refractivity contribution < 1.29 is 23.5 Å². The minimum absolute atomic E-state index is 0.0219. The Kier molecular flexibility index (Phi) is 5.20. The first-order valence-corrected chi connectivity index (χ1v) is 9.24. The van der Waals surface area contributed by atoms with Crippen LogP contribution in [0.4, 0.5) is 9.18 Å². The van der Waals surface area contributed by atoms with Crippen LogP contribution in [-0.2, 0) is 6.54 Å². The van der Waals surface area contributed by atoms with Crippen molar-refractivity contribution in [3.05, 3.63) is 88.5 Å². The number of rotatable bonds is 5. The van der Waals surface area contributed by atoms with E-state index in [1.165, 1.54) is 30.5 Å². The number of nitrogens with zero attached hydrogens (tertiary/aromatic N) is 1. The summed E-state index contributed by atoms with van der Waals surface area (Å²) in [4.78, 5) is 27.5. The molecule has 4 aromatic rings. The third-order valence-corrected chi connectivity index (χ3v) is 4.74. The molecular weight excluding hydrogens is 411 g/mol. The van der Waals surface area contributed by atoms with Crippen molar-refractivity contribution in [2.24, 2.45) is 0 Å². The maximum atomic E-state index is 13.0. The van der Waals surface area contributed by atoms with E-state index in [1.54, 1.807) is 24.3 Å². The Morgan fingerprint density at radius 3 is 2.47 bits per heavy atom. The lowest BCUT2D eigenvalue weighted by molar-refractivity contribution is 0.103. The second-order valence-electron chi connectivity index (χ2n) is 6.52. The zero-order valence-corrected chi connectivity index (χ0v) is 16.1. The van der Waals surface area contributed by atoms with Crippen molar-refractivity contribution in [1.82, 2.24) is 10.3 Å². The molecule has 0 aliphatic rings. The van der Waals surface area contributed by atoms with Gasteiger partial charge in [0.05, 0.1) is 17.3 Å². The molecule has 0 unspecified atom stereocenters. The number of fused-ring (bicyclic) bond motifs is 1. The Morgan fingerprint density at radius 2 is 1.80 bits per heavy atom. The van der Waals surface area contributed by atoms with Crippen LogP contribution >= 0.6 is 11.6 Å². The highest BCUT2D eigenvalue weighted by molar-refractivity contribution is 6.35. The number of aromatic nitrogens is 1. The van der Waals surface area contributed by atoms with Crippen molar-refractivity contribution in [2.75, 3.05) is 0 Å². The predicted octanol–water partition coefficient (Wildman–Crippen LogP) is 5.29.